The third-order valence-corrected chi connectivity index (χ3v) is 8.09. The van der Waals surface area contributed by atoms with Crippen LogP contribution in [0.4, 0.5) is 0 Å². The van der Waals surface area contributed by atoms with Crippen molar-refractivity contribution in [1.29, 1.82) is 0 Å². The van der Waals surface area contributed by atoms with Crippen molar-refractivity contribution in [2.24, 2.45) is 0 Å². The monoisotopic (exact) mass is 162 g/mol. The minimum absolute atomic E-state index is 1.14. The van der Waals surface area contributed by atoms with Crippen molar-refractivity contribution in [3.05, 3.63) is 0 Å². The Hall–Kier alpha value is 0.507. The predicted molar refractivity (Wildman–Crippen MR) is 45.6 cm³/mol. The molecule has 54 valence electrons. The fourth-order valence-electron chi connectivity index (χ4n) is 1.54. The van der Waals surface area contributed by atoms with Crippen molar-refractivity contribution in [2.75, 3.05) is 0 Å². The second-order valence-electron chi connectivity index (χ2n) is 3.07. The third-order valence-electron chi connectivity index (χ3n) is 2.38. The van der Waals surface area contributed by atoms with E-state index in [0.717, 1.165) is 0 Å². The zero-order valence-corrected chi connectivity index (χ0v) is 7.88. The van der Waals surface area contributed by atoms with Crippen LogP contribution in [-0.4, -0.2) is 7.38 Å². The first-order valence-electron chi connectivity index (χ1n) is 3.96. The van der Waals surface area contributed by atoms with Crippen LogP contribution >= 0.6 is 11.1 Å². The highest BCUT2D eigenvalue weighted by molar-refractivity contribution is 7.20. The van der Waals surface area contributed by atoms with E-state index in [2.05, 4.69) is 6.92 Å². The molecule has 1 fully saturated rings. The van der Waals surface area contributed by atoms with Gasteiger partial charge in [0.2, 0.25) is 0 Å². The van der Waals surface area contributed by atoms with Crippen LogP contribution in [0.1, 0.15) is 26.2 Å². The highest BCUT2D eigenvalue weighted by Gasteiger charge is 2.29. The summed E-state index contributed by atoms with van der Waals surface area (Å²) < 4.78 is 0. The number of halogens is 1. The molecule has 1 saturated heterocycles. The molecule has 1 rings (SSSR count). The van der Waals surface area contributed by atoms with Gasteiger partial charge in [-0.25, -0.2) is 0 Å². The zero-order valence-electron chi connectivity index (χ0n) is 6.12. The van der Waals surface area contributed by atoms with Crippen LogP contribution in [0, 0.1) is 0 Å². The molecule has 0 aromatic carbocycles. The lowest BCUT2D eigenvalue weighted by molar-refractivity contribution is 0.716. The summed E-state index contributed by atoms with van der Waals surface area (Å²) in [6.45, 7) is 2.25. The molecule has 0 atom stereocenters. The van der Waals surface area contributed by atoms with Crippen molar-refractivity contribution < 1.29 is 0 Å². The lowest BCUT2D eigenvalue weighted by Crippen LogP contribution is -2.27. The Labute approximate surface area is 63.3 Å². The molecule has 0 nitrogen and oxygen atoms in total. The normalized spacial score (nSPS) is 26.0. The van der Waals surface area contributed by atoms with Gasteiger partial charge in [-0.1, -0.05) is 26.2 Å². The summed E-state index contributed by atoms with van der Waals surface area (Å²) in [5, 5.41) is 0. The van der Waals surface area contributed by atoms with Crippen LogP contribution < -0.4 is 0 Å². The Kier molecular flexibility index (Phi) is 2.59. The zero-order chi connectivity index (χ0) is 6.74. The van der Waals surface area contributed by atoms with Gasteiger partial charge in [0.1, 0.15) is 0 Å². The molecule has 0 aromatic heterocycles. The van der Waals surface area contributed by atoms with E-state index in [-0.39, 0.29) is 0 Å². The van der Waals surface area contributed by atoms with Gasteiger partial charge >= 0.3 is 0 Å². The Morgan fingerprint density at radius 3 is 2.11 bits per heavy atom. The van der Waals surface area contributed by atoms with Crippen LogP contribution in [0.5, 0.6) is 0 Å². The first-order chi connectivity index (χ1) is 4.27. The van der Waals surface area contributed by atoms with Crippen molar-refractivity contribution in [3.8, 4) is 0 Å². The van der Waals surface area contributed by atoms with Crippen molar-refractivity contribution in [3.63, 3.8) is 0 Å². The molecular weight excluding hydrogens is 148 g/mol. The molecule has 0 aromatic rings. The van der Waals surface area contributed by atoms with E-state index in [1.807, 2.05) is 0 Å². The fraction of sp³-hybridized carbons (Fsp3) is 1.00. The van der Waals surface area contributed by atoms with E-state index in [9.17, 15) is 0 Å². The Morgan fingerprint density at radius 2 is 1.78 bits per heavy atom. The van der Waals surface area contributed by atoms with Gasteiger partial charge < -0.3 is 0 Å². The first-order valence-corrected chi connectivity index (χ1v) is 7.59. The Bertz CT molecular complexity index is 86.9. The maximum absolute atomic E-state index is 6.40. The van der Waals surface area contributed by atoms with E-state index in [4.69, 9.17) is 11.1 Å². The Balaban J connectivity index is 2.37. The van der Waals surface area contributed by atoms with Gasteiger partial charge in [-0.3, -0.25) is 0 Å². The summed E-state index contributed by atoms with van der Waals surface area (Å²) in [7, 11) is -1.14. The van der Waals surface area contributed by atoms with E-state index in [1.54, 1.807) is 0 Å². The van der Waals surface area contributed by atoms with E-state index >= 15 is 0 Å². The number of hydrogen-bond acceptors (Lipinski definition) is 0. The lowest BCUT2D eigenvalue weighted by atomic mass is 10.3. The summed E-state index contributed by atoms with van der Waals surface area (Å²) in [4.78, 5) is 0. The van der Waals surface area contributed by atoms with E-state index < -0.39 is 7.38 Å². The van der Waals surface area contributed by atoms with Crippen LogP contribution in [0.15, 0.2) is 0 Å². The molecule has 0 spiro atoms. The topological polar surface area (TPSA) is 0 Å². The van der Waals surface area contributed by atoms with Crippen LogP contribution in [0.3, 0.4) is 0 Å². The quantitative estimate of drug-likeness (QED) is 0.410. The molecular formula is C7H15ClSi. The molecule has 1 aliphatic heterocycles. The van der Waals surface area contributed by atoms with Gasteiger partial charge in [-0.05, 0) is 18.1 Å². The largest absolute Gasteiger partial charge is 0.167 e. The first kappa shape index (κ1) is 7.61. The molecule has 2 heteroatoms. The fourth-order valence-corrected chi connectivity index (χ4v) is 5.07. The van der Waals surface area contributed by atoms with Crippen molar-refractivity contribution in [1.82, 2.24) is 0 Å². The second-order valence-corrected chi connectivity index (χ2v) is 9.48. The average Bonchev–Trinajstić information content (AvgIpc) is 1.90. The predicted octanol–water partition coefficient (Wildman–Crippen LogP) is 3.37. The second kappa shape index (κ2) is 3.06. The summed E-state index contributed by atoms with van der Waals surface area (Å²) in [6, 6.07) is 4.05. The molecule has 0 radical (unpaired) electrons. The maximum atomic E-state index is 6.40. The Morgan fingerprint density at radius 1 is 1.22 bits per heavy atom. The number of hydrogen-bond donors (Lipinski definition) is 0. The minimum Gasteiger partial charge on any atom is -0.167 e. The highest BCUT2D eigenvalue weighted by Crippen LogP contribution is 2.34. The average molecular weight is 163 g/mol. The van der Waals surface area contributed by atoms with Gasteiger partial charge in [0.15, 0.2) is 7.38 Å². The molecule has 0 unspecified atom stereocenters. The molecule has 1 heterocycles. The summed E-state index contributed by atoms with van der Waals surface area (Å²) in [5.41, 5.74) is 0. The third kappa shape index (κ3) is 1.97. The smallest absolute Gasteiger partial charge is 0.156 e. The van der Waals surface area contributed by atoms with E-state index in [1.165, 1.54) is 37.4 Å². The van der Waals surface area contributed by atoms with Crippen LogP contribution in [-0.2, 0) is 0 Å². The van der Waals surface area contributed by atoms with Gasteiger partial charge in [0.05, 0.1) is 0 Å². The molecule has 9 heavy (non-hydrogen) atoms. The molecule has 0 N–H and O–H groups in total. The minimum atomic E-state index is -1.14. The van der Waals surface area contributed by atoms with Gasteiger partial charge in [-0.2, -0.15) is 11.1 Å². The summed E-state index contributed by atoms with van der Waals surface area (Å²) >= 11 is 6.40. The lowest BCUT2D eigenvalue weighted by Gasteiger charge is -2.26. The molecule has 1 aliphatic rings. The van der Waals surface area contributed by atoms with Crippen LogP contribution in [0.2, 0.25) is 18.1 Å². The molecule has 0 saturated carbocycles. The summed E-state index contributed by atoms with van der Waals surface area (Å²) in [5.74, 6) is 0. The number of rotatable bonds is 1. The molecule has 0 amide bonds. The van der Waals surface area contributed by atoms with Gasteiger partial charge in [0.25, 0.3) is 0 Å². The maximum Gasteiger partial charge on any atom is 0.156 e. The SMILES string of the molecule is CC[Si]1(Cl)CCCCC1. The molecule has 0 bridgehead atoms. The van der Waals surface area contributed by atoms with Crippen LogP contribution in [0.25, 0.3) is 0 Å². The summed E-state index contributed by atoms with van der Waals surface area (Å²) in [6.07, 6.45) is 4.24. The van der Waals surface area contributed by atoms with Gasteiger partial charge in [0, 0.05) is 0 Å². The van der Waals surface area contributed by atoms with E-state index in [0.29, 0.717) is 0 Å². The highest BCUT2D eigenvalue weighted by atomic mass is 35.6. The van der Waals surface area contributed by atoms with Crippen molar-refractivity contribution >= 4 is 18.5 Å². The van der Waals surface area contributed by atoms with Gasteiger partial charge in [-0.15, -0.1) is 0 Å². The van der Waals surface area contributed by atoms with Crippen molar-refractivity contribution in [2.45, 2.75) is 44.3 Å². The molecule has 0 aliphatic carbocycles. The standard InChI is InChI=1S/C7H15ClSi/c1-2-9(8)6-4-3-5-7-9/h2-7H2,1H3.